The Morgan fingerprint density at radius 1 is 1.30 bits per heavy atom. The van der Waals surface area contributed by atoms with Crippen LogP contribution < -0.4 is 5.32 Å². The number of thioether (sulfide) groups is 2. The lowest BCUT2D eigenvalue weighted by molar-refractivity contribution is -0.387. The molecule has 1 aliphatic rings. The number of benzene rings is 2. The maximum Gasteiger partial charge on any atom is 0.294 e. The zero-order chi connectivity index (χ0) is 24.1. The van der Waals surface area contributed by atoms with Crippen molar-refractivity contribution < 1.29 is 24.4 Å². The Kier molecular flexibility index (Phi) is 8.54. The smallest absolute Gasteiger partial charge is 0.294 e. The second-order valence-corrected chi connectivity index (χ2v) is 9.89. The van der Waals surface area contributed by atoms with Crippen LogP contribution in [-0.4, -0.2) is 50.9 Å². The van der Waals surface area contributed by atoms with E-state index in [0.29, 0.717) is 43.2 Å². The fourth-order valence-electron chi connectivity index (χ4n) is 2.75. The molecule has 1 fully saturated rings. The van der Waals surface area contributed by atoms with Crippen LogP contribution in [0.25, 0.3) is 6.08 Å². The molecule has 33 heavy (non-hydrogen) atoms. The highest BCUT2D eigenvalue weighted by molar-refractivity contribution is 9.10. The van der Waals surface area contributed by atoms with Gasteiger partial charge in [-0.3, -0.25) is 29.4 Å². The Balaban J connectivity index is 1.73. The molecule has 1 saturated heterocycles. The second-order valence-electron chi connectivity index (χ2n) is 6.50. The molecule has 1 heterocycles. The summed E-state index contributed by atoms with van der Waals surface area (Å²) in [6.07, 6.45) is 1.37. The predicted molar refractivity (Wildman–Crippen MR) is 131 cm³/mol. The van der Waals surface area contributed by atoms with E-state index in [1.165, 1.54) is 24.3 Å². The second kappa shape index (κ2) is 11.2. The van der Waals surface area contributed by atoms with Gasteiger partial charge >= 0.3 is 0 Å². The Labute approximate surface area is 209 Å². The normalized spacial score (nSPS) is 14.8. The molecule has 0 bridgehead atoms. The molecule has 2 aromatic rings. The highest BCUT2D eigenvalue weighted by atomic mass is 79.9. The minimum Gasteiger partial charge on any atom is -0.396 e. The van der Waals surface area contributed by atoms with E-state index in [2.05, 4.69) is 21.2 Å². The van der Waals surface area contributed by atoms with Crippen molar-refractivity contribution in [2.45, 2.75) is 4.90 Å². The van der Waals surface area contributed by atoms with Gasteiger partial charge in [-0.25, -0.2) is 0 Å². The summed E-state index contributed by atoms with van der Waals surface area (Å²) in [7, 11) is 0. The van der Waals surface area contributed by atoms with Crippen molar-refractivity contribution in [3.63, 3.8) is 0 Å². The number of anilines is 1. The number of hydrogen-bond acceptors (Lipinski definition) is 8. The van der Waals surface area contributed by atoms with E-state index in [1.807, 2.05) is 0 Å². The summed E-state index contributed by atoms with van der Waals surface area (Å²) in [5.41, 5.74) is 0.589. The summed E-state index contributed by atoms with van der Waals surface area (Å²) in [5.74, 6) is -0.957. The summed E-state index contributed by atoms with van der Waals surface area (Å²) in [4.78, 5) is 49.4. The topological polar surface area (TPSA) is 130 Å². The van der Waals surface area contributed by atoms with Crippen molar-refractivity contribution in [2.24, 2.45) is 0 Å². The predicted octanol–water partition coefficient (Wildman–Crippen LogP) is 4.77. The van der Waals surface area contributed by atoms with E-state index >= 15 is 0 Å². The third kappa shape index (κ3) is 6.36. The molecule has 9 nitrogen and oxygen atoms in total. The number of carbonyl (C=O) groups is 3. The van der Waals surface area contributed by atoms with Crippen LogP contribution in [0.3, 0.4) is 0 Å². The number of aliphatic hydroxyl groups excluding tert-OH is 1. The van der Waals surface area contributed by atoms with Crippen LogP contribution in [0, 0.1) is 10.1 Å². The summed E-state index contributed by atoms with van der Waals surface area (Å²) in [6.45, 7) is -0.619. The van der Waals surface area contributed by atoms with Crippen molar-refractivity contribution in [1.82, 2.24) is 4.90 Å². The number of aliphatic hydroxyl groups is 1. The van der Waals surface area contributed by atoms with E-state index in [9.17, 15) is 24.5 Å². The van der Waals surface area contributed by atoms with Gasteiger partial charge in [0.2, 0.25) is 5.91 Å². The van der Waals surface area contributed by atoms with Crippen molar-refractivity contribution in [3.05, 3.63) is 66.5 Å². The lowest BCUT2D eigenvalue weighted by Gasteiger charge is -2.12. The van der Waals surface area contributed by atoms with Crippen LogP contribution in [-0.2, 0) is 9.59 Å². The van der Waals surface area contributed by atoms with Crippen molar-refractivity contribution >= 4 is 85.6 Å². The number of imide groups is 1. The van der Waals surface area contributed by atoms with Crippen LogP contribution >= 0.6 is 51.1 Å². The molecule has 172 valence electrons. The Bertz CT molecular complexity index is 1180. The number of halogens is 2. The fraction of sp³-hybridized carbons (Fsp3) is 0.150. The average Bonchev–Trinajstić information content (AvgIpc) is 3.02. The van der Waals surface area contributed by atoms with Crippen LogP contribution in [0.5, 0.6) is 0 Å². The molecule has 3 amide bonds. The van der Waals surface area contributed by atoms with Gasteiger partial charge in [-0.15, -0.1) is 11.8 Å². The molecule has 0 atom stereocenters. The monoisotopic (exact) mass is 571 g/mol. The van der Waals surface area contributed by atoms with Gasteiger partial charge in [0.15, 0.2) is 0 Å². The summed E-state index contributed by atoms with van der Waals surface area (Å²) in [5, 5.41) is 22.6. The highest BCUT2D eigenvalue weighted by Gasteiger charge is 2.36. The largest absolute Gasteiger partial charge is 0.396 e. The first-order valence-electron chi connectivity index (χ1n) is 9.22. The quantitative estimate of drug-likeness (QED) is 0.200. The van der Waals surface area contributed by atoms with Gasteiger partial charge in [0.25, 0.3) is 16.8 Å². The summed E-state index contributed by atoms with van der Waals surface area (Å²) < 4.78 is 0.651. The highest BCUT2D eigenvalue weighted by Crippen LogP contribution is 2.35. The number of nitro groups is 1. The van der Waals surface area contributed by atoms with Crippen molar-refractivity contribution in [2.75, 3.05) is 24.2 Å². The standard InChI is InChI=1S/C20H15BrClN3O6S2/c21-13-3-2-12(9-14(13)22)23-18(27)10-24-19(28)17(33-20(24)29)8-11-1-4-16(32-6-5-26)15(7-11)25(30)31/h1-4,7-9,26H,5-6,10H2,(H,23,27). The first-order valence-corrected chi connectivity index (χ1v) is 12.2. The zero-order valence-electron chi connectivity index (χ0n) is 16.6. The summed E-state index contributed by atoms with van der Waals surface area (Å²) in [6, 6.07) is 9.16. The maximum absolute atomic E-state index is 12.7. The van der Waals surface area contributed by atoms with Gasteiger partial charge in [0.05, 0.1) is 26.4 Å². The van der Waals surface area contributed by atoms with Crippen LogP contribution in [0.15, 0.2) is 50.7 Å². The third-order valence-electron chi connectivity index (χ3n) is 4.20. The summed E-state index contributed by atoms with van der Waals surface area (Å²) >= 11 is 11.0. The SMILES string of the molecule is O=C(CN1C(=O)SC(=Cc2ccc(SCCO)c([N+](=O)[O-])c2)C1=O)Nc1ccc(Br)c(Cl)c1. The molecule has 0 saturated carbocycles. The molecule has 0 radical (unpaired) electrons. The minimum absolute atomic E-state index is 0.0459. The average molecular weight is 573 g/mol. The molecule has 0 aliphatic carbocycles. The minimum atomic E-state index is -0.671. The molecule has 3 rings (SSSR count). The van der Waals surface area contributed by atoms with Crippen molar-refractivity contribution in [3.8, 4) is 0 Å². The molecule has 0 aromatic heterocycles. The molecule has 0 spiro atoms. The van der Waals surface area contributed by atoms with Crippen LogP contribution in [0.1, 0.15) is 5.56 Å². The van der Waals surface area contributed by atoms with E-state index in [1.54, 1.807) is 18.2 Å². The number of nitrogens with zero attached hydrogens (tertiary/aromatic N) is 2. The van der Waals surface area contributed by atoms with Crippen LogP contribution in [0.4, 0.5) is 16.2 Å². The van der Waals surface area contributed by atoms with Crippen LogP contribution in [0.2, 0.25) is 5.02 Å². The number of nitrogens with one attached hydrogen (secondary N) is 1. The molecule has 1 aliphatic heterocycles. The number of amides is 3. The first-order chi connectivity index (χ1) is 15.7. The molecule has 13 heteroatoms. The molecule has 0 unspecified atom stereocenters. The lowest BCUT2D eigenvalue weighted by Crippen LogP contribution is -2.36. The Morgan fingerprint density at radius 3 is 2.73 bits per heavy atom. The number of hydrogen-bond donors (Lipinski definition) is 2. The van der Waals surface area contributed by atoms with E-state index < -0.39 is 28.5 Å². The van der Waals surface area contributed by atoms with E-state index in [0.717, 1.165) is 16.7 Å². The number of nitro benzene ring substituents is 1. The fourth-order valence-corrected chi connectivity index (χ4v) is 4.77. The van der Waals surface area contributed by atoms with Gasteiger partial charge in [-0.2, -0.15) is 0 Å². The molecular formula is C20H15BrClN3O6S2. The molecule has 2 aromatic carbocycles. The third-order valence-corrected chi connectivity index (χ3v) is 7.39. The van der Waals surface area contributed by atoms with E-state index in [4.69, 9.17) is 16.7 Å². The van der Waals surface area contributed by atoms with Gasteiger partial charge < -0.3 is 10.4 Å². The van der Waals surface area contributed by atoms with Crippen molar-refractivity contribution in [1.29, 1.82) is 0 Å². The Morgan fingerprint density at radius 2 is 2.06 bits per heavy atom. The van der Waals surface area contributed by atoms with Gasteiger partial charge in [-0.05, 0) is 63.6 Å². The first kappa shape index (κ1) is 25.2. The van der Waals surface area contributed by atoms with Gasteiger partial charge in [0, 0.05) is 22.0 Å². The van der Waals surface area contributed by atoms with Gasteiger partial charge in [-0.1, -0.05) is 17.7 Å². The lowest BCUT2D eigenvalue weighted by atomic mass is 10.2. The van der Waals surface area contributed by atoms with E-state index in [-0.39, 0.29) is 17.2 Å². The maximum atomic E-state index is 12.7. The number of rotatable bonds is 8. The van der Waals surface area contributed by atoms with Gasteiger partial charge in [0.1, 0.15) is 6.54 Å². The zero-order valence-corrected chi connectivity index (χ0v) is 20.6. The molecular weight excluding hydrogens is 558 g/mol. The number of carbonyl (C=O) groups excluding carboxylic acids is 3. The molecule has 2 N–H and O–H groups in total. The Hall–Kier alpha value is -2.38.